The number of nitrogens with one attached hydrogen (secondary N) is 2. The van der Waals surface area contributed by atoms with Crippen LogP contribution in [0, 0.1) is 4.77 Å². The van der Waals surface area contributed by atoms with Gasteiger partial charge in [-0.05, 0) is 67.5 Å². The monoisotopic (exact) mass is 452 g/mol. The molecule has 1 aliphatic rings. The molecule has 0 bridgehead atoms. The lowest BCUT2D eigenvalue weighted by Crippen LogP contribution is -2.23. The zero-order valence-corrected chi connectivity index (χ0v) is 18.5. The number of ether oxygens (including phenoxy) is 1. The number of amides is 2. The molecule has 166 valence electrons. The molecule has 2 aromatic carbocycles. The van der Waals surface area contributed by atoms with E-state index in [0.717, 1.165) is 18.7 Å². The van der Waals surface area contributed by atoms with E-state index in [9.17, 15) is 14.4 Å². The van der Waals surface area contributed by atoms with Gasteiger partial charge in [-0.3, -0.25) is 19.0 Å². The van der Waals surface area contributed by atoms with Crippen LogP contribution < -0.4 is 15.8 Å². The minimum Gasteiger partial charge on any atom is -0.385 e. The maximum Gasteiger partial charge on any atom is 0.262 e. The highest BCUT2D eigenvalue weighted by atomic mass is 32.1. The Morgan fingerprint density at radius 2 is 1.97 bits per heavy atom. The Morgan fingerprint density at radius 3 is 2.66 bits per heavy atom. The molecule has 8 nitrogen and oxygen atoms in total. The molecular formula is C23H24N4O4S. The molecule has 3 aromatic rings. The minimum absolute atomic E-state index is 0.119. The Bertz CT molecular complexity index is 1280. The number of fused-ring (bicyclic) bond motifs is 1. The van der Waals surface area contributed by atoms with Gasteiger partial charge in [-0.2, -0.15) is 0 Å². The van der Waals surface area contributed by atoms with Crippen molar-refractivity contribution in [3.05, 3.63) is 63.2 Å². The summed E-state index contributed by atoms with van der Waals surface area (Å²) in [5.74, 6) is -0.187. The molecule has 0 aliphatic carbocycles. The third-order valence-electron chi connectivity index (χ3n) is 5.48. The Morgan fingerprint density at radius 1 is 1.19 bits per heavy atom. The zero-order valence-electron chi connectivity index (χ0n) is 17.7. The van der Waals surface area contributed by atoms with Crippen molar-refractivity contribution < 1.29 is 14.3 Å². The number of hydrogen-bond acceptors (Lipinski definition) is 5. The number of hydrogen-bond donors (Lipinski definition) is 2. The summed E-state index contributed by atoms with van der Waals surface area (Å²) in [6.07, 6.45) is 2.10. The first-order chi connectivity index (χ1) is 15.5. The lowest BCUT2D eigenvalue weighted by molar-refractivity contribution is -0.117. The average Bonchev–Trinajstić information content (AvgIpc) is 3.22. The van der Waals surface area contributed by atoms with Crippen LogP contribution in [0.5, 0.6) is 0 Å². The fourth-order valence-corrected chi connectivity index (χ4v) is 4.10. The number of methoxy groups -OCH3 is 1. The second-order valence-electron chi connectivity index (χ2n) is 7.64. The molecule has 0 radical (unpaired) electrons. The lowest BCUT2D eigenvalue weighted by atomic mass is 10.1. The highest BCUT2D eigenvalue weighted by Gasteiger charge is 2.21. The van der Waals surface area contributed by atoms with E-state index in [4.69, 9.17) is 17.0 Å². The van der Waals surface area contributed by atoms with Crippen molar-refractivity contribution in [2.75, 3.05) is 30.5 Å². The first-order valence-electron chi connectivity index (χ1n) is 10.5. The number of aromatic nitrogens is 2. The number of rotatable bonds is 7. The molecule has 2 N–H and O–H groups in total. The number of carbonyl (C=O) groups is 2. The molecular weight excluding hydrogens is 428 g/mol. The molecule has 0 unspecified atom stereocenters. The predicted octanol–water partition coefficient (Wildman–Crippen LogP) is 3.47. The van der Waals surface area contributed by atoms with Gasteiger partial charge in [0.15, 0.2) is 4.77 Å². The van der Waals surface area contributed by atoms with Crippen LogP contribution in [0.2, 0.25) is 0 Å². The number of anilines is 2. The molecule has 32 heavy (non-hydrogen) atoms. The second-order valence-corrected chi connectivity index (χ2v) is 8.03. The molecule has 0 saturated carbocycles. The molecule has 9 heteroatoms. The summed E-state index contributed by atoms with van der Waals surface area (Å²) in [7, 11) is 1.61. The highest BCUT2D eigenvalue weighted by molar-refractivity contribution is 7.71. The van der Waals surface area contributed by atoms with Crippen LogP contribution in [0.4, 0.5) is 11.4 Å². The van der Waals surface area contributed by atoms with Crippen molar-refractivity contribution in [1.29, 1.82) is 0 Å². The molecule has 2 heterocycles. The first kappa shape index (κ1) is 21.9. The Hall–Kier alpha value is -3.30. The molecule has 2 amide bonds. The van der Waals surface area contributed by atoms with Gasteiger partial charge in [-0.15, -0.1) is 0 Å². The maximum atomic E-state index is 12.8. The summed E-state index contributed by atoms with van der Waals surface area (Å²) >= 11 is 5.33. The first-order valence-corrected chi connectivity index (χ1v) is 10.9. The summed E-state index contributed by atoms with van der Waals surface area (Å²) in [6, 6.07) is 12.1. The number of H-pyrrole nitrogens is 1. The summed E-state index contributed by atoms with van der Waals surface area (Å²) in [5.41, 5.74) is 2.16. The second kappa shape index (κ2) is 9.46. The number of benzene rings is 2. The SMILES string of the molecule is COCCCn1c(=S)[nH]c2cc(C(=O)Nc3ccc(N4CCCC4=O)cc3)ccc2c1=O. The normalized spacial score (nSPS) is 13.7. The van der Waals surface area contributed by atoms with Crippen molar-refractivity contribution in [3.63, 3.8) is 0 Å². The standard InChI is InChI=1S/C23H24N4O4S/c1-31-13-3-12-27-22(30)18-10-5-15(14-19(18)25-23(27)32)21(29)24-16-6-8-17(9-7-16)26-11-2-4-20(26)28/h5-10,14H,2-4,11-13H2,1H3,(H,24,29)(H,25,32). The van der Waals surface area contributed by atoms with Gasteiger partial charge in [0.25, 0.3) is 11.5 Å². The zero-order chi connectivity index (χ0) is 22.7. The van der Waals surface area contributed by atoms with Gasteiger partial charge >= 0.3 is 0 Å². The van der Waals surface area contributed by atoms with Gasteiger partial charge in [-0.1, -0.05) is 0 Å². The molecule has 1 aromatic heterocycles. The van der Waals surface area contributed by atoms with E-state index in [1.165, 1.54) is 4.57 Å². The number of carbonyl (C=O) groups excluding carboxylic acids is 2. The topological polar surface area (TPSA) is 96.4 Å². The van der Waals surface area contributed by atoms with Gasteiger partial charge in [0.1, 0.15) is 0 Å². The third kappa shape index (κ3) is 4.49. The van der Waals surface area contributed by atoms with Crippen LogP contribution in [-0.2, 0) is 16.1 Å². The fraction of sp³-hybridized carbons (Fsp3) is 0.304. The molecule has 0 atom stereocenters. The number of aromatic amines is 1. The van der Waals surface area contributed by atoms with Crippen LogP contribution in [0.3, 0.4) is 0 Å². The van der Waals surface area contributed by atoms with Crippen LogP contribution in [0.1, 0.15) is 29.6 Å². The summed E-state index contributed by atoms with van der Waals surface area (Å²) in [6.45, 7) is 1.71. The predicted molar refractivity (Wildman–Crippen MR) is 126 cm³/mol. The van der Waals surface area contributed by atoms with Gasteiger partial charge in [0, 0.05) is 50.2 Å². The summed E-state index contributed by atoms with van der Waals surface area (Å²) in [4.78, 5) is 42.2. The van der Waals surface area contributed by atoms with Crippen LogP contribution in [-0.4, -0.2) is 41.6 Å². The van der Waals surface area contributed by atoms with Crippen molar-refractivity contribution in [1.82, 2.24) is 9.55 Å². The summed E-state index contributed by atoms with van der Waals surface area (Å²) < 4.78 is 6.85. The van der Waals surface area contributed by atoms with E-state index < -0.39 is 0 Å². The molecule has 0 spiro atoms. The lowest BCUT2D eigenvalue weighted by Gasteiger charge is -2.16. The Kier molecular flexibility index (Phi) is 6.48. The van der Waals surface area contributed by atoms with E-state index in [0.29, 0.717) is 52.9 Å². The van der Waals surface area contributed by atoms with Crippen LogP contribution in [0.25, 0.3) is 10.9 Å². The van der Waals surface area contributed by atoms with Crippen molar-refractivity contribution in [2.24, 2.45) is 0 Å². The van der Waals surface area contributed by atoms with E-state index in [2.05, 4.69) is 10.3 Å². The van der Waals surface area contributed by atoms with Gasteiger partial charge in [0.2, 0.25) is 5.91 Å². The van der Waals surface area contributed by atoms with E-state index in [1.807, 2.05) is 12.1 Å². The minimum atomic E-state index is -0.305. The van der Waals surface area contributed by atoms with Gasteiger partial charge < -0.3 is 19.9 Å². The van der Waals surface area contributed by atoms with Crippen LogP contribution >= 0.6 is 12.2 Å². The summed E-state index contributed by atoms with van der Waals surface area (Å²) in [5, 5.41) is 3.31. The van der Waals surface area contributed by atoms with Crippen molar-refractivity contribution in [3.8, 4) is 0 Å². The Labute approximate surface area is 189 Å². The Balaban J connectivity index is 1.52. The van der Waals surface area contributed by atoms with Crippen molar-refractivity contribution in [2.45, 2.75) is 25.8 Å². The number of nitrogens with zero attached hydrogens (tertiary/aromatic N) is 2. The highest BCUT2D eigenvalue weighted by Crippen LogP contribution is 2.23. The maximum absolute atomic E-state index is 12.8. The molecule has 1 saturated heterocycles. The quantitative estimate of drug-likeness (QED) is 0.423. The van der Waals surface area contributed by atoms with Gasteiger partial charge in [-0.25, -0.2) is 0 Å². The smallest absolute Gasteiger partial charge is 0.262 e. The molecule has 4 rings (SSSR count). The van der Waals surface area contributed by atoms with E-state index in [-0.39, 0.29) is 17.4 Å². The van der Waals surface area contributed by atoms with Gasteiger partial charge in [0.05, 0.1) is 10.9 Å². The largest absolute Gasteiger partial charge is 0.385 e. The van der Waals surface area contributed by atoms with E-state index in [1.54, 1.807) is 42.3 Å². The third-order valence-corrected chi connectivity index (χ3v) is 5.81. The van der Waals surface area contributed by atoms with Crippen molar-refractivity contribution >= 4 is 46.3 Å². The fourth-order valence-electron chi connectivity index (χ4n) is 3.81. The van der Waals surface area contributed by atoms with E-state index >= 15 is 0 Å². The average molecular weight is 453 g/mol. The van der Waals surface area contributed by atoms with Crippen LogP contribution in [0.15, 0.2) is 47.3 Å². The molecule has 1 aliphatic heterocycles. The molecule has 1 fully saturated rings.